The number of hydrogen-bond acceptors (Lipinski definition) is 3. The molecule has 3 aromatic rings. The summed E-state index contributed by atoms with van der Waals surface area (Å²) in [7, 11) is -3.61. The van der Waals surface area contributed by atoms with Crippen molar-refractivity contribution in [3.8, 4) is 0 Å². The molecule has 2 aromatic heterocycles. The highest BCUT2D eigenvalue weighted by Crippen LogP contribution is 2.21. The summed E-state index contributed by atoms with van der Waals surface area (Å²) in [5, 5.41) is 0.800. The third kappa shape index (κ3) is 2.36. The highest BCUT2D eigenvalue weighted by Gasteiger charge is 2.19. The van der Waals surface area contributed by atoms with Crippen molar-refractivity contribution in [2.75, 3.05) is 0 Å². The van der Waals surface area contributed by atoms with Gasteiger partial charge in [-0.3, -0.25) is 0 Å². The quantitative estimate of drug-likeness (QED) is 0.696. The standard InChI is InChI=1S/C16H14N2O2S/c1-2-6-13-11-14-9-10-18(16(14)17-12-13)21(19,20)15-7-4-3-5-8-15/h2-5,7-12H,1,6H2. The van der Waals surface area contributed by atoms with Gasteiger partial charge in [-0.05, 0) is 36.2 Å². The third-order valence-corrected chi connectivity index (χ3v) is 4.91. The van der Waals surface area contributed by atoms with Crippen LogP contribution in [0.5, 0.6) is 0 Å². The zero-order chi connectivity index (χ0) is 14.9. The van der Waals surface area contributed by atoms with Gasteiger partial charge in [-0.25, -0.2) is 17.4 Å². The molecule has 1 aromatic carbocycles. The monoisotopic (exact) mass is 298 g/mol. The summed E-state index contributed by atoms with van der Waals surface area (Å²) in [5.41, 5.74) is 1.44. The summed E-state index contributed by atoms with van der Waals surface area (Å²) in [4.78, 5) is 4.54. The van der Waals surface area contributed by atoms with E-state index in [0.717, 1.165) is 10.9 Å². The molecule has 0 radical (unpaired) electrons. The van der Waals surface area contributed by atoms with Gasteiger partial charge in [0.25, 0.3) is 10.0 Å². The van der Waals surface area contributed by atoms with E-state index in [-0.39, 0.29) is 4.90 Å². The second kappa shape index (κ2) is 5.18. The predicted octanol–water partition coefficient (Wildman–Crippen LogP) is 3.00. The minimum Gasteiger partial charge on any atom is -0.237 e. The van der Waals surface area contributed by atoms with Crippen LogP contribution in [0.3, 0.4) is 0 Å². The van der Waals surface area contributed by atoms with Gasteiger partial charge in [-0.2, -0.15) is 0 Å². The molecule has 0 bridgehead atoms. The Kier molecular flexibility index (Phi) is 3.35. The molecule has 0 saturated heterocycles. The van der Waals surface area contributed by atoms with Crippen molar-refractivity contribution >= 4 is 21.1 Å². The number of fused-ring (bicyclic) bond motifs is 1. The van der Waals surface area contributed by atoms with Crippen LogP contribution >= 0.6 is 0 Å². The number of rotatable bonds is 4. The first kappa shape index (κ1) is 13.6. The molecule has 3 rings (SSSR count). The highest BCUT2D eigenvalue weighted by atomic mass is 32.2. The lowest BCUT2D eigenvalue weighted by Crippen LogP contribution is -2.12. The average molecular weight is 298 g/mol. The Morgan fingerprint density at radius 3 is 2.67 bits per heavy atom. The van der Waals surface area contributed by atoms with Gasteiger partial charge in [-0.1, -0.05) is 24.3 Å². The summed E-state index contributed by atoms with van der Waals surface area (Å²) in [5.74, 6) is 0. The Morgan fingerprint density at radius 1 is 1.19 bits per heavy atom. The minimum absolute atomic E-state index is 0.250. The zero-order valence-electron chi connectivity index (χ0n) is 11.3. The Hall–Kier alpha value is -2.40. The summed E-state index contributed by atoms with van der Waals surface area (Å²) in [6.07, 6.45) is 5.72. The topological polar surface area (TPSA) is 52.0 Å². The summed E-state index contributed by atoms with van der Waals surface area (Å²) < 4.78 is 26.5. The Morgan fingerprint density at radius 2 is 1.95 bits per heavy atom. The molecule has 0 saturated carbocycles. The fourth-order valence-electron chi connectivity index (χ4n) is 2.22. The molecule has 0 atom stereocenters. The zero-order valence-corrected chi connectivity index (χ0v) is 12.1. The number of aromatic nitrogens is 2. The lowest BCUT2D eigenvalue weighted by Gasteiger charge is -2.07. The Bertz CT molecular complexity index is 896. The van der Waals surface area contributed by atoms with E-state index in [1.54, 1.807) is 48.7 Å². The molecule has 4 nitrogen and oxygen atoms in total. The van der Waals surface area contributed by atoms with Crippen LogP contribution in [-0.4, -0.2) is 17.4 Å². The van der Waals surface area contributed by atoms with E-state index < -0.39 is 10.0 Å². The SMILES string of the molecule is C=CCc1cnc2c(ccn2S(=O)(=O)c2ccccc2)c1. The van der Waals surface area contributed by atoms with Gasteiger partial charge in [0.2, 0.25) is 0 Å². The van der Waals surface area contributed by atoms with E-state index in [0.29, 0.717) is 12.1 Å². The van der Waals surface area contributed by atoms with Crippen LogP contribution in [-0.2, 0) is 16.4 Å². The molecule has 0 amide bonds. The Balaban J connectivity index is 2.15. The first-order chi connectivity index (χ1) is 10.1. The predicted molar refractivity (Wildman–Crippen MR) is 82.7 cm³/mol. The van der Waals surface area contributed by atoms with Gasteiger partial charge in [0.1, 0.15) is 0 Å². The molecular weight excluding hydrogens is 284 g/mol. The lowest BCUT2D eigenvalue weighted by atomic mass is 10.2. The summed E-state index contributed by atoms with van der Waals surface area (Å²) >= 11 is 0. The van der Waals surface area contributed by atoms with E-state index >= 15 is 0 Å². The fourth-order valence-corrected chi connectivity index (χ4v) is 3.55. The van der Waals surface area contributed by atoms with Crippen LogP contribution < -0.4 is 0 Å². The maximum atomic E-state index is 12.6. The number of nitrogens with zero attached hydrogens (tertiary/aromatic N) is 2. The maximum absolute atomic E-state index is 12.6. The van der Waals surface area contributed by atoms with Gasteiger partial charge in [-0.15, -0.1) is 6.58 Å². The van der Waals surface area contributed by atoms with Gasteiger partial charge < -0.3 is 0 Å². The third-order valence-electron chi connectivity index (χ3n) is 3.23. The van der Waals surface area contributed by atoms with Crippen LogP contribution in [0.25, 0.3) is 11.0 Å². The first-order valence-corrected chi connectivity index (χ1v) is 7.94. The smallest absolute Gasteiger partial charge is 0.237 e. The fraction of sp³-hybridized carbons (Fsp3) is 0.0625. The molecule has 106 valence electrons. The van der Waals surface area contributed by atoms with Crippen molar-refractivity contribution in [3.63, 3.8) is 0 Å². The van der Waals surface area contributed by atoms with Crippen molar-refractivity contribution in [1.82, 2.24) is 8.96 Å². The molecule has 2 heterocycles. The van der Waals surface area contributed by atoms with Gasteiger partial charge in [0.05, 0.1) is 4.90 Å². The normalized spacial score (nSPS) is 11.6. The van der Waals surface area contributed by atoms with Crippen molar-refractivity contribution < 1.29 is 8.42 Å². The number of pyridine rings is 1. The lowest BCUT2D eigenvalue weighted by molar-refractivity contribution is 0.589. The Labute approximate surface area is 123 Å². The van der Waals surface area contributed by atoms with Crippen LogP contribution in [0.4, 0.5) is 0 Å². The van der Waals surface area contributed by atoms with Crippen LogP contribution in [0.1, 0.15) is 5.56 Å². The molecule has 0 aliphatic carbocycles. The van der Waals surface area contributed by atoms with Crippen LogP contribution in [0.2, 0.25) is 0 Å². The van der Waals surface area contributed by atoms with Crippen molar-refractivity contribution in [2.45, 2.75) is 11.3 Å². The molecule has 0 N–H and O–H groups in total. The molecule has 0 spiro atoms. The van der Waals surface area contributed by atoms with Gasteiger partial charge in [0, 0.05) is 17.8 Å². The first-order valence-electron chi connectivity index (χ1n) is 6.50. The molecule has 21 heavy (non-hydrogen) atoms. The van der Waals surface area contributed by atoms with E-state index in [4.69, 9.17) is 0 Å². The molecular formula is C16H14N2O2S. The molecule has 0 unspecified atom stereocenters. The highest BCUT2D eigenvalue weighted by molar-refractivity contribution is 7.90. The minimum atomic E-state index is -3.61. The number of allylic oxidation sites excluding steroid dienone is 1. The van der Waals surface area contributed by atoms with Crippen LogP contribution in [0, 0.1) is 0 Å². The van der Waals surface area contributed by atoms with Gasteiger partial charge >= 0.3 is 0 Å². The second-order valence-corrected chi connectivity index (χ2v) is 6.49. The van der Waals surface area contributed by atoms with E-state index in [2.05, 4.69) is 11.6 Å². The van der Waals surface area contributed by atoms with Crippen molar-refractivity contribution in [3.05, 3.63) is 73.1 Å². The largest absolute Gasteiger partial charge is 0.269 e. The summed E-state index contributed by atoms with van der Waals surface area (Å²) in [6.45, 7) is 3.69. The van der Waals surface area contributed by atoms with Crippen molar-refractivity contribution in [1.29, 1.82) is 0 Å². The number of hydrogen-bond donors (Lipinski definition) is 0. The van der Waals surface area contributed by atoms with Crippen molar-refractivity contribution in [2.24, 2.45) is 0 Å². The molecule has 5 heteroatoms. The number of benzene rings is 1. The van der Waals surface area contributed by atoms with E-state index in [9.17, 15) is 8.42 Å². The van der Waals surface area contributed by atoms with E-state index in [1.165, 1.54) is 10.2 Å². The van der Waals surface area contributed by atoms with Crippen LogP contribution in [0.15, 0.2) is 72.4 Å². The molecule has 0 aliphatic rings. The molecule has 0 fully saturated rings. The van der Waals surface area contributed by atoms with Gasteiger partial charge in [0.15, 0.2) is 5.65 Å². The molecule has 0 aliphatic heterocycles. The second-order valence-electron chi connectivity index (χ2n) is 4.68. The van der Waals surface area contributed by atoms with E-state index in [1.807, 2.05) is 6.07 Å². The average Bonchev–Trinajstić information content (AvgIpc) is 2.92. The maximum Gasteiger partial charge on any atom is 0.269 e. The summed E-state index contributed by atoms with van der Waals surface area (Å²) in [6, 6.07) is 12.0.